The largest absolute Gasteiger partial charge is 0.378 e. The number of hydrogen-bond acceptors (Lipinski definition) is 5. The first-order chi connectivity index (χ1) is 10.0. The Kier molecular flexibility index (Phi) is 3.86. The van der Waals surface area contributed by atoms with Gasteiger partial charge in [0.2, 0.25) is 0 Å². The Morgan fingerprint density at radius 2 is 2.38 bits per heavy atom. The summed E-state index contributed by atoms with van der Waals surface area (Å²) < 4.78 is 6.42. The predicted octanol–water partition coefficient (Wildman–Crippen LogP) is 2.28. The SMILES string of the molecule is CCOC1CC(NCc2nc3ccsc3c(=O)[nH]2)C1(C)C. The van der Waals surface area contributed by atoms with Gasteiger partial charge < -0.3 is 15.0 Å². The van der Waals surface area contributed by atoms with E-state index in [0.717, 1.165) is 18.5 Å². The zero-order chi connectivity index (χ0) is 15.0. The molecular weight excluding hydrogens is 286 g/mol. The van der Waals surface area contributed by atoms with Crippen LogP contribution in [0.3, 0.4) is 0 Å². The molecule has 2 unspecified atom stereocenters. The van der Waals surface area contributed by atoms with Crippen LogP contribution in [0.5, 0.6) is 0 Å². The Morgan fingerprint density at radius 3 is 3.10 bits per heavy atom. The number of nitrogens with zero attached hydrogens (tertiary/aromatic N) is 1. The summed E-state index contributed by atoms with van der Waals surface area (Å²) in [6, 6.07) is 2.27. The topological polar surface area (TPSA) is 67.0 Å². The molecule has 0 radical (unpaired) electrons. The van der Waals surface area contributed by atoms with Gasteiger partial charge in [0.15, 0.2) is 0 Å². The number of H-pyrrole nitrogens is 1. The zero-order valence-electron chi connectivity index (χ0n) is 12.6. The van der Waals surface area contributed by atoms with Gasteiger partial charge in [-0.3, -0.25) is 4.79 Å². The summed E-state index contributed by atoms with van der Waals surface area (Å²) in [4.78, 5) is 19.3. The summed E-state index contributed by atoms with van der Waals surface area (Å²) in [5, 5.41) is 5.38. The number of ether oxygens (including phenoxy) is 1. The van der Waals surface area contributed by atoms with E-state index in [9.17, 15) is 4.79 Å². The van der Waals surface area contributed by atoms with Crippen LogP contribution in [0.1, 0.15) is 33.0 Å². The first-order valence-electron chi connectivity index (χ1n) is 7.33. The lowest BCUT2D eigenvalue weighted by atomic mass is 9.64. The van der Waals surface area contributed by atoms with Crippen LogP contribution in [0.4, 0.5) is 0 Å². The lowest BCUT2D eigenvalue weighted by Crippen LogP contribution is -2.60. The molecule has 3 rings (SSSR count). The van der Waals surface area contributed by atoms with Gasteiger partial charge in [-0.05, 0) is 24.8 Å². The average molecular weight is 307 g/mol. The van der Waals surface area contributed by atoms with Crippen molar-refractivity contribution < 1.29 is 4.74 Å². The number of fused-ring (bicyclic) bond motifs is 1. The molecule has 114 valence electrons. The van der Waals surface area contributed by atoms with E-state index >= 15 is 0 Å². The molecule has 0 amide bonds. The average Bonchev–Trinajstić information content (AvgIpc) is 2.91. The Morgan fingerprint density at radius 1 is 1.57 bits per heavy atom. The third-order valence-electron chi connectivity index (χ3n) is 4.43. The highest BCUT2D eigenvalue weighted by Crippen LogP contribution is 2.42. The fraction of sp³-hybridized carbons (Fsp3) is 0.600. The summed E-state index contributed by atoms with van der Waals surface area (Å²) >= 11 is 1.43. The number of nitrogens with one attached hydrogen (secondary N) is 2. The van der Waals surface area contributed by atoms with Gasteiger partial charge in [0.05, 0.1) is 18.2 Å². The molecule has 21 heavy (non-hydrogen) atoms. The maximum absolute atomic E-state index is 11.9. The van der Waals surface area contributed by atoms with E-state index in [-0.39, 0.29) is 11.0 Å². The van der Waals surface area contributed by atoms with E-state index < -0.39 is 0 Å². The van der Waals surface area contributed by atoms with Crippen LogP contribution in [0, 0.1) is 5.41 Å². The van der Waals surface area contributed by atoms with Crippen LogP contribution in [-0.4, -0.2) is 28.7 Å². The lowest BCUT2D eigenvalue weighted by molar-refractivity contribution is -0.114. The van der Waals surface area contributed by atoms with Crippen molar-refractivity contribution in [3.05, 3.63) is 27.6 Å². The van der Waals surface area contributed by atoms with Crippen molar-refractivity contribution >= 4 is 21.6 Å². The molecule has 0 aromatic carbocycles. The molecule has 1 aliphatic carbocycles. The fourth-order valence-corrected chi connectivity index (χ4v) is 3.67. The molecule has 2 N–H and O–H groups in total. The summed E-state index contributed by atoms with van der Waals surface area (Å²) in [7, 11) is 0. The minimum atomic E-state index is -0.0492. The van der Waals surface area contributed by atoms with Gasteiger partial charge in [-0.1, -0.05) is 13.8 Å². The molecule has 1 aliphatic rings. The third kappa shape index (κ3) is 2.63. The highest BCUT2D eigenvalue weighted by Gasteiger charge is 2.48. The van der Waals surface area contributed by atoms with Crippen LogP contribution in [-0.2, 0) is 11.3 Å². The molecule has 2 aromatic heterocycles. The van der Waals surface area contributed by atoms with E-state index in [0.29, 0.717) is 29.2 Å². The third-order valence-corrected chi connectivity index (χ3v) is 5.33. The van der Waals surface area contributed by atoms with Gasteiger partial charge in [0.25, 0.3) is 5.56 Å². The maximum atomic E-state index is 11.9. The Bertz CT molecular complexity index is 692. The van der Waals surface area contributed by atoms with Crippen molar-refractivity contribution in [2.75, 3.05) is 6.61 Å². The summed E-state index contributed by atoms with van der Waals surface area (Å²) in [6.07, 6.45) is 1.32. The van der Waals surface area contributed by atoms with Crippen LogP contribution < -0.4 is 10.9 Å². The van der Waals surface area contributed by atoms with Crippen molar-refractivity contribution in [2.24, 2.45) is 5.41 Å². The van der Waals surface area contributed by atoms with Gasteiger partial charge in [-0.15, -0.1) is 11.3 Å². The van der Waals surface area contributed by atoms with E-state index in [1.807, 2.05) is 18.4 Å². The van der Waals surface area contributed by atoms with Crippen molar-refractivity contribution in [1.82, 2.24) is 15.3 Å². The van der Waals surface area contributed by atoms with Crippen LogP contribution in [0.25, 0.3) is 10.2 Å². The highest BCUT2D eigenvalue weighted by molar-refractivity contribution is 7.17. The summed E-state index contributed by atoms with van der Waals surface area (Å²) in [6.45, 7) is 7.79. The van der Waals surface area contributed by atoms with Crippen LogP contribution >= 0.6 is 11.3 Å². The summed E-state index contributed by atoms with van der Waals surface area (Å²) in [5.41, 5.74) is 0.843. The van der Waals surface area contributed by atoms with Crippen molar-refractivity contribution in [2.45, 2.75) is 45.9 Å². The first kappa shape index (κ1) is 14.7. The number of thiophene rings is 1. The minimum Gasteiger partial charge on any atom is -0.378 e. The Balaban J connectivity index is 1.66. The van der Waals surface area contributed by atoms with Gasteiger partial charge in [0, 0.05) is 18.1 Å². The number of hydrogen-bond donors (Lipinski definition) is 2. The zero-order valence-corrected chi connectivity index (χ0v) is 13.4. The molecule has 2 aromatic rings. The van der Waals surface area contributed by atoms with E-state index in [4.69, 9.17) is 4.74 Å². The molecule has 0 aliphatic heterocycles. The lowest BCUT2D eigenvalue weighted by Gasteiger charge is -2.51. The van der Waals surface area contributed by atoms with Crippen molar-refractivity contribution in [3.63, 3.8) is 0 Å². The molecule has 0 saturated heterocycles. The molecule has 1 fully saturated rings. The van der Waals surface area contributed by atoms with E-state index in [1.54, 1.807) is 0 Å². The molecular formula is C15H21N3O2S. The van der Waals surface area contributed by atoms with Gasteiger partial charge in [-0.25, -0.2) is 4.98 Å². The first-order valence-corrected chi connectivity index (χ1v) is 8.21. The number of rotatable bonds is 5. The maximum Gasteiger partial charge on any atom is 0.268 e. The number of aromatic amines is 1. The van der Waals surface area contributed by atoms with Crippen molar-refractivity contribution in [3.8, 4) is 0 Å². The van der Waals surface area contributed by atoms with Crippen LogP contribution in [0.15, 0.2) is 16.2 Å². The van der Waals surface area contributed by atoms with E-state index in [1.165, 1.54) is 11.3 Å². The summed E-state index contributed by atoms with van der Waals surface area (Å²) in [5.74, 6) is 0.696. The standard InChI is InChI=1S/C15H21N3O2S/c1-4-20-11-7-10(15(11,2)3)16-8-12-17-9-5-6-21-13(9)14(19)18-12/h5-6,10-11,16H,4,7-8H2,1-3H3,(H,17,18,19). The molecule has 0 spiro atoms. The predicted molar refractivity (Wildman–Crippen MR) is 84.7 cm³/mol. The van der Waals surface area contributed by atoms with Crippen LogP contribution in [0.2, 0.25) is 0 Å². The van der Waals surface area contributed by atoms with Gasteiger partial charge in [0.1, 0.15) is 10.5 Å². The van der Waals surface area contributed by atoms with Gasteiger partial charge >= 0.3 is 0 Å². The normalized spacial score (nSPS) is 24.1. The smallest absolute Gasteiger partial charge is 0.268 e. The molecule has 6 heteroatoms. The van der Waals surface area contributed by atoms with Gasteiger partial charge in [-0.2, -0.15) is 0 Å². The second-order valence-electron chi connectivity index (χ2n) is 6.08. The molecule has 2 atom stereocenters. The number of aromatic nitrogens is 2. The molecule has 2 heterocycles. The second-order valence-corrected chi connectivity index (χ2v) is 7.00. The monoisotopic (exact) mass is 307 g/mol. The highest BCUT2D eigenvalue weighted by atomic mass is 32.1. The molecule has 5 nitrogen and oxygen atoms in total. The van der Waals surface area contributed by atoms with Crippen molar-refractivity contribution in [1.29, 1.82) is 0 Å². The molecule has 0 bridgehead atoms. The molecule has 1 saturated carbocycles. The minimum absolute atomic E-state index is 0.0492. The fourth-order valence-electron chi connectivity index (χ4n) is 2.94. The van der Waals surface area contributed by atoms with E-state index in [2.05, 4.69) is 29.1 Å². The Hall–Kier alpha value is -1.24. The quantitative estimate of drug-likeness (QED) is 0.889. The Labute approximate surface area is 127 Å². The second kappa shape index (κ2) is 5.51.